The summed E-state index contributed by atoms with van der Waals surface area (Å²) in [6.07, 6.45) is 1.77. The summed E-state index contributed by atoms with van der Waals surface area (Å²) in [5.74, 6) is 0.339. The maximum atomic E-state index is 13.2. The first-order chi connectivity index (χ1) is 17.7. The number of thioether (sulfide) groups is 1. The molecule has 0 aromatic heterocycles. The zero-order valence-electron chi connectivity index (χ0n) is 20.8. The first-order valence-electron chi connectivity index (χ1n) is 11.4. The van der Waals surface area contributed by atoms with Gasteiger partial charge in [-0.2, -0.15) is 0 Å². The van der Waals surface area contributed by atoms with Gasteiger partial charge in [0.15, 0.2) is 22.4 Å². The Kier molecular flexibility index (Phi) is 8.22. The zero-order valence-corrected chi connectivity index (χ0v) is 23.1. The normalized spacial score (nSPS) is 14.3. The molecule has 4 rings (SSSR count). The molecule has 190 valence electrons. The highest BCUT2D eigenvalue weighted by molar-refractivity contribution is 8.27. The van der Waals surface area contributed by atoms with Gasteiger partial charge in [0.2, 0.25) is 0 Å². The number of benzene rings is 3. The van der Waals surface area contributed by atoms with Crippen molar-refractivity contribution in [2.45, 2.75) is 20.8 Å². The number of nitrogens with one attached hydrogen (secondary N) is 1. The number of ether oxygens (including phenoxy) is 2. The van der Waals surface area contributed by atoms with E-state index in [4.69, 9.17) is 33.3 Å². The van der Waals surface area contributed by atoms with Crippen molar-refractivity contribution in [3.8, 4) is 11.5 Å². The van der Waals surface area contributed by atoms with Crippen molar-refractivity contribution in [2.24, 2.45) is 0 Å². The van der Waals surface area contributed by atoms with Crippen LogP contribution in [0.2, 0.25) is 5.02 Å². The Morgan fingerprint density at radius 1 is 1.05 bits per heavy atom. The average Bonchev–Trinajstić information content (AvgIpc) is 3.13. The number of thiocarbonyl (C=S) groups is 1. The van der Waals surface area contributed by atoms with E-state index < -0.39 is 0 Å². The van der Waals surface area contributed by atoms with Crippen molar-refractivity contribution in [2.75, 3.05) is 23.9 Å². The Balaban J connectivity index is 1.47. The minimum absolute atomic E-state index is 0.172. The topological polar surface area (TPSA) is 67.9 Å². The smallest absolute Gasteiger partial charge is 0.270 e. The fourth-order valence-corrected chi connectivity index (χ4v) is 5.29. The number of anilines is 2. The van der Waals surface area contributed by atoms with Crippen LogP contribution in [-0.4, -0.2) is 29.9 Å². The maximum Gasteiger partial charge on any atom is 0.270 e. The summed E-state index contributed by atoms with van der Waals surface area (Å²) in [5, 5.41) is 3.33. The molecule has 9 heteroatoms. The highest BCUT2D eigenvalue weighted by atomic mass is 35.5. The molecule has 1 aliphatic heterocycles. The molecular formula is C28H25ClN2O4S2. The number of carbonyl (C=O) groups is 2. The molecule has 0 atom stereocenters. The Labute approximate surface area is 230 Å². The molecule has 6 nitrogen and oxygen atoms in total. The van der Waals surface area contributed by atoms with E-state index in [0.29, 0.717) is 31.4 Å². The molecule has 0 radical (unpaired) electrons. The Morgan fingerprint density at radius 3 is 2.57 bits per heavy atom. The second kappa shape index (κ2) is 11.4. The first kappa shape index (κ1) is 26.7. The minimum atomic E-state index is -0.327. The number of halogens is 1. The number of nitrogens with zero attached hydrogens (tertiary/aromatic N) is 1. The Morgan fingerprint density at radius 2 is 1.84 bits per heavy atom. The van der Waals surface area contributed by atoms with Crippen LogP contribution in [0.3, 0.4) is 0 Å². The lowest BCUT2D eigenvalue weighted by Gasteiger charge is -2.17. The van der Waals surface area contributed by atoms with Gasteiger partial charge in [0.05, 0.1) is 17.7 Å². The number of hydrogen-bond donors (Lipinski definition) is 1. The highest BCUT2D eigenvalue weighted by Crippen LogP contribution is 2.38. The summed E-state index contributed by atoms with van der Waals surface area (Å²) in [7, 11) is 1.51. The minimum Gasteiger partial charge on any atom is -0.493 e. The summed E-state index contributed by atoms with van der Waals surface area (Å²) >= 11 is 12.8. The molecule has 1 aliphatic rings. The number of aryl methyl sites for hydroxylation is 3. The summed E-state index contributed by atoms with van der Waals surface area (Å²) in [4.78, 5) is 27.7. The maximum absolute atomic E-state index is 13.2. The molecular weight excluding hydrogens is 528 g/mol. The molecule has 1 saturated heterocycles. The van der Waals surface area contributed by atoms with Crippen LogP contribution in [0, 0.1) is 20.8 Å². The zero-order chi connectivity index (χ0) is 26.7. The van der Waals surface area contributed by atoms with Crippen molar-refractivity contribution in [3.63, 3.8) is 0 Å². The molecule has 0 bridgehead atoms. The molecule has 1 heterocycles. The molecule has 3 aromatic rings. The van der Waals surface area contributed by atoms with Crippen LogP contribution in [0.4, 0.5) is 11.4 Å². The fraction of sp³-hybridized carbons (Fsp3) is 0.179. The van der Waals surface area contributed by atoms with Crippen LogP contribution < -0.4 is 19.7 Å². The van der Waals surface area contributed by atoms with Gasteiger partial charge in [-0.25, -0.2) is 0 Å². The van der Waals surface area contributed by atoms with Crippen LogP contribution in [-0.2, 0) is 9.59 Å². The fourth-order valence-electron chi connectivity index (χ4n) is 3.83. The highest BCUT2D eigenvalue weighted by Gasteiger charge is 2.34. The average molecular weight is 553 g/mol. The monoisotopic (exact) mass is 552 g/mol. The molecule has 2 amide bonds. The predicted octanol–water partition coefficient (Wildman–Crippen LogP) is 6.70. The third-order valence-electron chi connectivity index (χ3n) is 5.70. The van der Waals surface area contributed by atoms with E-state index in [-0.39, 0.29) is 18.4 Å². The molecule has 3 aromatic carbocycles. The van der Waals surface area contributed by atoms with Gasteiger partial charge in [-0.3, -0.25) is 14.5 Å². The number of carbonyl (C=O) groups excluding carboxylic acids is 2. The third kappa shape index (κ3) is 6.15. The van der Waals surface area contributed by atoms with Gasteiger partial charge in [0, 0.05) is 10.7 Å². The molecule has 0 unspecified atom stereocenters. The largest absolute Gasteiger partial charge is 0.493 e. The summed E-state index contributed by atoms with van der Waals surface area (Å²) in [6, 6.07) is 16.4. The molecule has 0 saturated carbocycles. The third-order valence-corrected chi connectivity index (χ3v) is 7.24. The van der Waals surface area contributed by atoms with Crippen molar-refractivity contribution in [1.29, 1.82) is 0 Å². The molecule has 0 aliphatic carbocycles. The lowest BCUT2D eigenvalue weighted by Crippen LogP contribution is -2.28. The quantitative estimate of drug-likeness (QED) is 0.260. The van der Waals surface area contributed by atoms with E-state index in [1.54, 1.807) is 41.3 Å². The molecule has 0 spiro atoms. The lowest BCUT2D eigenvalue weighted by atomic mass is 10.1. The van der Waals surface area contributed by atoms with Gasteiger partial charge in [-0.1, -0.05) is 65.4 Å². The van der Waals surface area contributed by atoms with Crippen LogP contribution in [0.5, 0.6) is 11.5 Å². The van der Waals surface area contributed by atoms with Gasteiger partial charge >= 0.3 is 0 Å². The number of methoxy groups -OCH3 is 1. The Hall–Kier alpha value is -3.33. The second-order valence-electron chi connectivity index (χ2n) is 8.51. The van der Waals surface area contributed by atoms with E-state index in [9.17, 15) is 9.59 Å². The van der Waals surface area contributed by atoms with E-state index in [1.165, 1.54) is 18.9 Å². The van der Waals surface area contributed by atoms with E-state index >= 15 is 0 Å². The standard InChI is InChI=1S/C28H25ClN2O4S2/c1-16-5-9-22(18(3)11-16)31-27(33)25(37-28(31)36)13-19-7-10-23(24(12-19)34-4)35-15-26(32)30-21-14-20(29)8-6-17(21)2/h5-14H,15H2,1-4H3,(H,30,32)/b25-13-. The molecule has 1 N–H and O–H groups in total. The number of amides is 2. The van der Waals surface area contributed by atoms with Crippen molar-refractivity contribution in [3.05, 3.63) is 86.8 Å². The summed E-state index contributed by atoms with van der Waals surface area (Å²) in [6.45, 7) is 5.64. The first-order valence-corrected chi connectivity index (χ1v) is 13.0. The molecule has 37 heavy (non-hydrogen) atoms. The van der Waals surface area contributed by atoms with Crippen LogP contribution in [0.25, 0.3) is 6.08 Å². The van der Waals surface area contributed by atoms with Gasteiger partial charge in [-0.15, -0.1) is 0 Å². The summed E-state index contributed by atoms with van der Waals surface area (Å²) < 4.78 is 11.7. The van der Waals surface area contributed by atoms with Crippen molar-refractivity contribution in [1.82, 2.24) is 0 Å². The lowest BCUT2D eigenvalue weighted by molar-refractivity contribution is -0.118. The van der Waals surface area contributed by atoms with Gasteiger partial charge < -0.3 is 14.8 Å². The van der Waals surface area contributed by atoms with Crippen LogP contribution in [0.15, 0.2) is 59.5 Å². The van der Waals surface area contributed by atoms with E-state index in [0.717, 1.165) is 27.9 Å². The van der Waals surface area contributed by atoms with Crippen molar-refractivity contribution >= 4 is 69.2 Å². The van der Waals surface area contributed by atoms with E-state index in [1.807, 2.05) is 45.0 Å². The van der Waals surface area contributed by atoms with Gasteiger partial charge in [0.25, 0.3) is 11.8 Å². The predicted molar refractivity (Wildman–Crippen MR) is 155 cm³/mol. The Bertz CT molecular complexity index is 1440. The van der Waals surface area contributed by atoms with Gasteiger partial charge in [0.1, 0.15) is 0 Å². The SMILES string of the molecule is COc1cc(/C=C2\SC(=S)N(c3ccc(C)cc3C)C2=O)ccc1OCC(=O)Nc1cc(Cl)ccc1C. The van der Waals surface area contributed by atoms with Crippen LogP contribution >= 0.6 is 35.6 Å². The van der Waals surface area contributed by atoms with E-state index in [2.05, 4.69) is 5.32 Å². The van der Waals surface area contributed by atoms with Gasteiger partial charge in [-0.05, 0) is 73.9 Å². The van der Waals surface area contributed by atoms with Crippen molar-refractivity contribution < 1.29 is 19.1 Å². The number of hydrogen-bond acceptors (Lipinski definition) is 6. The second-order valence-corrected chi connectivity index (χ2v) is 10.6. The summed E-state index contributed by atoms with van der Waals surface area (Å²) in [5.41, 5.74) is 5.14. The number of rotatable bonds is 7. The van der Waals surface area contributed by atoms with Crippen LogP contribution in [0.1, 0.15) is 22.3 Å². The molecule has 1 fully saturated rings.